The third-order valence-corrected chi connectivity index (χ3v) is 3.97. The van der Waals surface area contributed by atoms with Crippen molar-refractivity contribution in [1.82, 2.24) is 10.6 Å². The highest BCUT2D eigenvalue weighted by Crippen LogP contribution is 2.24. The smallest absolute Gasteiger partial charge is 0.257 e. The van der Waals surface area contributed by atoms with E-state index in [-0.39, 0.29) is 30.2 Å². The molecule has 23 heavy (non-hydrogen) atoms. The molecule has 2 amide bonds. The molecule has 0 radical (unpaired) electrons. The van der Waals surface area contributed by atoms with E-state index in [1.165, 1.54) is 0 Å². The molecule has 0 saturated carbocycles. The van der Waals surface area contributed by atoms with Crippen LogP contribution in [0.5, 0.6) is 0 Å². The summed E-state index contributed by atoms with van der Waals surface area (Å²) in [4.78, 5) is 28.5. The molecule has 0 spiro atoms. The van der Waals surface area contributed by atoms with Gasteiger partial charge < -0.3 is 0 Å². The monoisotopic (exact) mass is 371 g/mol. The van der Waals surface area contributed by atoms with Gasteiger partial charge in [-0.25, -0.2) is 4.99 Å². The van der Waals surface area contributed by atoms with Gasteiger partial charge in [0.1, 0.15) is 0 Å². The van der Waals surface area contributed by atoms with E-state index in [9.17, 15) is 9.59 Å². The average molecular weight is 372 g/mol. The molecule has 2 aromatic carbocycles. The summed E-state index contributed by atoms with van der Waals surface area (Å²) in [5, 5.41) is 5.24. The van der Waals surface area contributed by atoms with Gasteiger partial charge in [-0.1, -0.05) is 46.3 Å². The highest BCUT2D eigenvalue weighted by molar-refractivity contribution is 9.10. The zero-order valence-corrected chi connectivity index (χ0v) is 13.7. The van der Waals surface area contributed by atoms with Crippen molar-refractivity contribution < 1.29 is 9.59 Å². The van der Waals surface area contributed by atoms with Crippen LogP contribution in [0.3, 0.4) is 0 Å². The molecular formula is C17H14BrN3O2. The first-order chi connectivity index (χ1) is 11.1. The van der Waals surface area contributed by atoms with Crippen molar-refractivity contribution in [3.8, 4) is 0 Å². The van der Waals surface area contributed by atoms with E-state index < -0.39 is 0 Å². The standard InChI is InChI=1S/C17H14BrN3O2/c18-13-8-6-11(7-9-13)14-10-15(22)20-17(19-14)21-16(23)12-4-2-1-3-5-12/h1-9,14H,10H2,(H2,19,20,21,22,23). The number of nitrogens with zero attached hydrogens (tertiary/aromatic N) is 1. The molecule has 5 nitrogen and oxygen atoms in total. The van der Waals surface area contributed by atoms with Crippen molar-refractivity contribution in [2.75, 3.05) is 0 Å². The molecule has 6 heteroatoms. The van der Waals surface area contributed by atoms with E-state index in [1.807, 2.05) is 30.3 Å². The molecule has 0 aliphatic carbocycles. The maximum absolute atomic E-state index is 12.2. The van der Waals surface area contributed by atoms with Crippen molar-refractivity contribution >= 4 is 33.7 Å². The van der Waals surface area contributed by atoms with Gasteiger partial charge in [0.2, 0.25) is 11.9 Å². The van der Waals surface area contributed by atoms with Gasteiger partial charge >= 0.3 is 0 Å². The number of rotatable bonds is 2. The predicted octanol–water partition coefficient (Wildman–Crippen LogP) is 2.80. The molecule has 0 fully saturated rings. The minimum Gasteiger partial charge on any atom is -0.296 e. The van der Waals surface area contributed by atoms with E-state index in [0.717, 1.165) is 10.0 Å². The Labute approximate surface area is 141 Å². The molecule has 2 N–H and O–H groups in total. The first kappa shape index (κ1) is 15.4. The third-order valence-electron chi connectivity index (χ3n) is 3.44. The maximum Gasteiger partial charge on any atom is 0.257 e. The first-order valence-corrected chi connectivity index (χ1v) is 7.90. The van der Waals surface area contributed by atoms with Crippen LogP contribution in [-0.4, -0.2) is 17.8 Å². The number of carbonyl (C=O) groups excluding carboxylic acids is 2. The Kier molecular flexibility index (Phi) is 4.52. The molecule has 116 valence electrons. The van der Waals surface area contributed by atoms with Crippen LogP contribution in [0.4, 0.5) is 0 Å². The predicted molar refractivity (Wildman–Crippen MR) is 91.0 cm³/mol. The molecule has 1 atom stereocenters. The second-order valence-corrected chi connectivity index (χ2v) is 6.03. The van der Waals surface area contributed by atoms with Gasteiger partial charge in [-0.05, 0) is 29.8 Å². The second kappa shape index (κ2) is 6.75. The highest BCUT2D eigenvalue weighted by atomic mass is 79.9. The van der Waals surface area contributed by atoms with Gasteiger partial charge in [-0.3, -0.25) is 20.2 Å². The van der Waals surface area contributed by atoms with Gasteiger partial charge in [-0.15, -0.1) is 0 Å². The summed E-state index contributed by atoms with van der Waals surface area (Å²) in [5.74, 6) is -0.291. The van der Waals surface area contributed by atoms with Crippen LogP contribution in [0, 0.1) is 0 Å². The summed E-state index contributed by atoms with van der Waals surface area (Å²) < 4.78 is 0.961. The minimum absolute atomic E-state index is 0.170. The number of nitrogens with one attached hydrogen (secondary N) is 2. The number of amides is 2. The Morgan fingerprint density at radius 2 is 1.83 bits per heavy atom. The van der Waals surface area contributed by atoms with Crippen LogP contribution in [0.1, 0.15) is 28.4 Å². The fourth-order valence-electron chi connectivity index (χ4n) is 2.30. The van der Waals surface area contributed by atoms with Crippen LogP contribution in [0.25, 0.3) is 0 Å². The van der Waals surface area contributed by atoms with E-state index in [2.05, 4.69) is 31.6 Å². The Morgan fingerprint density at radius 1 is 1.13 bits per heavy atom. The molecule has 3 rings (SSSR count). The van der Waals surface area contributed by atoms with E-state index in [1.54, 1.807) is 24.3 Å². The molecule has 2 aromatic rings. The molecule has 0 aromatic heterocycles. The van der Waals surface area contributed by atoms with E-state index in [4.69, 9.17) is 0 Å². The van der Waals surface area contributed by atoms with Crippen molar-refractivity contribution in [2.24, 2.45) is 4.99 Å². The Hall–Kier alpha value is -2.47. The van der Waals surface area contributed by atoms with Crippen LogP contribution in [-0.2, 0) is 4.79 Å². The Balaban J connectivity index is 1.79. The second-order valence-electron chi connectivity index (χ2n) is 5.12. The summed E-state index contributed by atoms with van der Waals surface area (Å²) in [7, 11) is 0. The van der Waals surface area contributed by atoms with Gasteiger partial charge in [0.15, 0.2) is 0 Å². The van der Waals surface area contributed by atoms with Crippen LogP contribution >= 0.6 is 15.9 Å². The van der Waals surface area contributed by atoms with Crippen molar-refractivity contribution in [1.29, 1.82) is 0 Å². The van der Waals surface area contributed by atoms with Gasteiger partial charge in [0.25, 0.3) is 5.91 Å². The fourth-order valence-corrected chi connectivity index (χ4v) is 2.57. The lowest BCUT2D eigenvalue weighted by Gasteiger charge is -2.21. The van der Waals surface area contributed by atoms with Crippen molar-refractivity contribution in [2.45, 2.75) is 12.5 Å². The minimum atomic E-state index is -0.305. The van der Waals surface area contributed by atoms with Crippen LogP contribution in [0.15, 0.2) is 64.1 Å². The number of halogens is 1. The number of guanidine groups is 1. The molecular weight excluding hydrogens is 358 g/mol. The number of hydrogen-bond acceptors (Lipinski definition) is 3. The first-order valence-electron chi connectivity index (χ1n) is 7.11. The van der Waals surface area contributed by atoms with E-state index in [0.29, 0.717) is 5.56 Å². The topological polar surface area (TPSA) is 70.6 Å². The summed E-state index contributed by atoms with van der Waals surface area (Å²) in [6.45, 7) is 0. The zero-order chi connectivity index (χ0) is 16.2. The third kappa shape index (κ3) is 3.84. The zero-order valence-electron chi connectivity index (χ0n) is 12.1. The molecule has 1 unspecified atom stereocenters. The summed E-state index contributed by atoms with van der Waals surface area (Å²) in [6, 6.07) is 16.1. The van der Waals surface area contributed by atoms with Gasteiger partial charge in [-0.2, -0.15) is 0 Å². The normalized spacial score (nSPS) is 17.2. The van der Waals surface area contributed by atoms with Gasteiger partial charge in [0, 0.05) is 10.0 Å². The molecule has 1 aliphatic heterocycles. The Morgan fingerprint density at radius 3 is 2.52 bits per heavy atom. The fraction of sp³-hybridized carbons (Fsp3) is 0.118. The van der Waals surface area contributed by atoms with Crippen molar-refractivity contribution in [3.63, 3.8) is 0 Å². The summed E-state index contributed by atoms with van der Waals surface area (Å²) in [5.41, 5.74) is 1.43. The SMILES string of the molecule is O=C1CC(c2ccc(Br)cc2)N=C(NC(=O)c2ccccc2)N1. The van der Waals surface area contributed by atoms with Crippen molar-refractivity contribution in [3.05, 3.63) is 70.2 Å². The van der Waals surface area contributed by atoms with Gasteiger partial charge in [0.05, 0.1) is 12.5 Å². The lowest BCUT2D eigenvalue weighted by Crippen LogP contribution is -2.46. The largest absolute Gasteiger partial charge is 0.296 e. The quantitative estimate of drug-likeness (QED) is 0.851. The van der Waals surface area contributed by atoms with E-state index >= 15 is 0 Å². The highest BCUT2D eigenvalue weighted by Gasteiger charge is 2.23. The molecule has 1 heterocycles. The number of benzene rings is 2. The maximum atomic E-state index is 12.2. The lowest BCUT2D eigenvalue weighted by molar-refractivity contribution is -0.120. The summed E-state index contributed by atoms with van der Waals surface area (Å²) >= 11 is 3.38. The average Bonchev–Trinajstić information content (AvgIpc) is 2.56. The summed E-state index contributed by atoms with van der Waals surface area (Å²) in [6.07, 6.45) is 0.256. The molecule has 0 bridgehead atoms. The number of carbonyl (C=O) groups is 2. The number of hydrogen-bond donors (Lipinski definition) is 2. The molecule has 0 saturated heterocycles. The van der Waals surface area contributed by atoms with Crippen LogP contribution < -0.4 is 10.6 Å². The van der Waals surface area contributed by atoms with Crippen LogP contribution in [0.2, 0.25) is 0 Å². The lowest BCUT2D eigenvalue weighted by atomic mass is 10.0. The molecule has 1 aliphatic rings. The number of aliphatic imine (C=N–C) groups is 1. The Bertz CT molecular complexity index is 757.